The predicted octanol–water partition coefficient (Wildman–Crippen LogP) is 6.56. The van der Waals surface area contributed by atoms with Crippen molar-refractivity contribution in [1.29, 1.82) is 0 Å². The number of thiazole rings is 1. The number of anilines is 2. The number of nitrogens with zero attached hydrogens (tertiary/aromatic N) is 2. The number of hydrogen-bond acceptors (Lipinski definition) is 4. The summed E-state index contributed by atoms with van der Waals surface area (Å²) in [6.07, 6.45) is 0.935. The largest absolute Gasteiger partial charge is 0.497 e. The fraction of sp³-hybridized carbons (Fsp3) is 0.154. The first-order valence-electron chi connectivity index (χ1n) is 10.3. The number of amides is 1. The quantitative estimate of drug-likeness (QED) is 0.323. The lowest BCUT2D eigenvalue weighted by atomic mass is 10.1. The molecule has 6 heteroatoms. The molecule has 0 N–H and O–H groups in total. The maximum Gasteiger partial charge on any atom is 0.233 e. The van der Waals surface area contributed by atoms with Gasteiger partial charge in [-0.2, -0.15) is 0 Å². The topological polar surface area (TPSA) is 42.4 Å². The van der Waals surface area contributed by atoms with E-state index < -0.39 is 0 Å². The zero-order valence-corrected chi connectivity index (χ0v) is 18.7. The highest BCUT2D eigenvalue weighted by atomic mass is 32.1. The smallest absolute Gasteiger partial charge is 0.233 e. The molecule has 0 fully saturated rings. The Hall–Kier alpha value is -3.51. The third-order valence-electron chi connectivity index (χ3n) is 5.14. The summed E-state index contributed by atoms with van der Waals surface area (Å²) in [6.45, 7) is 1.98. The molecule has 4 nitrogen and oxygen atoms in total. The van der Waals surface area contributed by atoms with Crippen molar-refractivity contribution >= 4 is 28.1 Å². The Balaban J connectivity index is 1.66. The molecule has 0 radical (unpaired) electrons. The molecule has 3 aromatic carbocycles. The van der Waals surface area contributed by atoms with Gasteiger partial charge in [-0.1, -0.05) is 30.3 Å². The van der Waals surface area contributed by atoms with E-state index in [9.17, 15) is 9.18 Å². The van der Waals surface area contributed by atoms with Crippen molar-refractivity contribution in [3.05, 3.63) is 95.1 Å². The summed E-state index contributed by atoms with van der Waals surface area (Å²) in [7, 11) is 1.63. The minimum Gasteiger partial charge on any atom is -0.497 e. The normalized spacial score (nSPS) is 10.7. The van der Waals surface area contributed by atoms with Gasteiger partial charge in [0.15, 0.2) is 5.13 Å². The molecule has 0 saturated heterocycles. The number of aromatic nitrogens is 1. The van der Waals surface area contributed by atoms with Crippen LogP contribution in [0, 0.1) is 12.7 Å². The van der Waals surface area contributed by atoms with Crippen LogP contribution in [0.5, 0.6) is 5.75 Å². The maximum absolute atomic E-state index is 13.5. The van der Waals surface area contributed by atoms with Crippen LogP contribution in [0.2, 0.25) is 0 Å². The third-order valence-corrected chi connectivity index (χ3v) is 6.10. The van der Waals surface area contributed by atoms with E-state index in [0.717, 1.165) is 27.4 Å². The second kappa shape index (κ2) is 9.75. The van der Waals surface area contributed by atoms with E-state index in [2.05, 4.69) is 0 Å². The van der Waals surface area contributed by atoms with Gasteiger partial charge in [0.1, 0.15) is 11.6 Å². The summed E-state index contributed by atoms with van der Waals surface area (Å²) in [5, 5.41) is 0.568. The highest BCUT2D eigenvalue weighted by molar-refractivity contribution is 7.16. The lowest BCUT2D eigenvalue weighted by molar-refractivity contribution is -0.117. The molecule has 0 unspecified atom stereocenters. The number of halogens is 1. The van der Waals surface area contributed by atoms with Crippen LogP contribution in [-0.2, 0) is 11.2 Å². The minimum absolute atomic E-state index is 0.0875. The summed E-state index contributed by atoms with van der Waals surface area (Å²) < 4.78 is 18.8. The molecule has 4 rings (SSSR count). The van der Waals surface area contributed by atoms with E-state index in [1.807, 2.05) is 61.5 Å². The van der Waals surface area contributed by atoms with Gasteiger partial charge in [0.25, 0.3) is 0 Å². The number of hydrogen-bond donors (Lipinski definition) is 0. The number of methoxy groups -OCH3 is 1. The summed E-state index contributed by atoms with van der Waals surface area (Å²) in [5.41, 5.74) is 3.45. The van der Waals surface area contributed by atoms with E-state index in [1.54, 1.807) is 24.1 Å². The molecule has 1 heterocycles. The highest BCUT2D eigenvalue weighted by Gasteiger charge is 2.23. The van der Waals surface area contributed by atoms with Crippen LogP contribution in [0.3, 0.4) is 0 Å². The van der Waals surface area contributed by atoms with Crippen LogP contribution in [0.15, 0.2) is 78.9 Å². The number of benzene rings is 3. The van der Waals surface area contributed by atoms with Gasteiger partial charge in [0, 0.05) is 16.9 Å². The van der Waals surface area contributed by atoms with Gasteiger partial charge in [-0.15, -0.1) is 11.3 Å². The van der Waals surface area contributed by atoms with Crippen LogP contribution in [0.25, 0.3) is 11.3 Å². The molecule has 0 aliphatic carbocycles. The molecular weight excluding hydrogens is 423 g/mol. The first kappa shape index (κ1) is 21.7. The zero-order valence-electron chi connectivity index (χ0n) is 17.9. The Labute approximate surface area is 190 Å². The zero-order chi connectivity index (χ0) is 22.5. The Kier molecular flexibility index (Phi) is 6.61. The van der Waals surface area contributed by atoms with Gasteiger partial charge in [-0.05, 0) is 67.4 Å². The van der Waals surface area contributed by atoms with Gasteiger partial charge < -0.3 is 4.74 Å². The number of carbonyl (C=O) groups excluding carboxylic acids is 1. The van der Waals surface area contributed by atoms with E-state index in [-0.39, 0.29) is 11.7 Å². The van der Waals surface area contributed by atoms with E-state index in [4.69, 9.17) is 9.72 Å². The summed E-state index contributed by atoms with van der Waals surface area (Å²) in [5.74, 6) is 0.334. The molecule has 162 valence electrons. The van der Waals surface area contributed by atoms with Gasteiger partial charge in [0.05, 0.1) is 18.5 Å². The van der Waals surface area contributed by atoms with Crippen molar-refractivity contribution in [2.75, 3.05) is 12.0 Å². The van der Waals surface area contributed by atoms with Crippen LogP contribution in [-0.4, -0.2) is 18.0 Å². The highest BCUT2D eigenvalue weighted by Crippen LogP contribution is 2.37. The lowest BCUT2D eigenvalue weighted by Crippen LogP contribution is -2.26. The number of rotatable bonds is 7. The molecule has 4 aromatic rings. The monoisotopic (exact) mass is 446 g/mol. The summed E-state index contributed by atoms with van der Waals surface area (Å²) in [4.78, 5) is 20.7. The van der Waals surface area contributed by atoms with Crippen molar-refractivity contribution in [2.45, 2.75) is 19.8 Å². The van der Waals surface area contributed by atoms with E-state index in [1.165, 1.54) is 23.5 Å². The lowest BCUT2D eigenvalue weighted by Gasteiger charge is -2.20. The Bertz CT molecular complexity index is 1190. The molecule has 1 amide bonds. The van der Waals surface area contributed by atoms with E-state index in [0.29, 0.717) is 23.7 Å². The van der Waals surface area contributed by atoms with Crippen LogP contribution < -0.4 is 9.64 Å². The van der Waals surface area contributed by atoms with Crippen LogP contribution >= 0.6 is 11.3 Å². The fourth-order valence-corrected chi connectivity index (χ4v) is 4.42. The SMILES string of the molecule is COc1ccc(-c2nc(N(C(=O)CCc3ccccc3)c3ccc(F)cc3)sc2C)cc1. The van der Waals surface area contributed by atoms with Crippen molar-refractivity contribution in [3.8, 4) is 17.0 Å². The van der Waals surface area contributed by atoms with E-state index >= 15 is 0 Å². The van der Waals surface area contributed by atoms with Gasteiger partial charge in [-0.25, -0.2) is 9.37 Å². The Morgan fingerprint density at radius 3 is 2.34 bits per heavy atom. The standard InChI is InChI=1S/C26H23FN2O2S/c1-18-25(20-9-15-23(31-2)16-10-20)28-26(32-18)29(22-13-11-21(27)12-14-22)24(30)17-8-19-6-4-3-5-7-19/h3-7,9-16H,8,17H2,1-2H3. The Morgan fingerprint density at radius 1 is 1.00 bits per heavy atom. The maximum atomic E-state index is 13.5. The average molecular weight is 447 g/mol. The number of aryl methyl sites for hydroxylation is 2. The molecule has 32 heavy (non-hydrogen) atoms. The van der Waals surface area contributed by atoms with Crippen molar-refractivity contribution in [1.82, 2.24) is 4.98 Å². The summed E-state index contributed by atoms with van der Waals surface area (Å²) >= 11 is 1.45. The van der Waals surface area contributed by atoms with Crippen LogP contribution in [0.4, 0.5) is 15.2 Å². The summed E-state index contributed by atoms with van der Waals surface area (Å²) in [6, 6.07) is 23.5. The first-order chi connectivity index (χ1) is 15.5. The number of carbonyl (C=O) groups is 1. The molecule has 0 spiro atoms. The molecule has 1 aromatic heterocycles. The van der Waals surface area contributed by atoms with Crippen LogP contribution in [0.1, 0.15) is 16.9 Å². The second-order valence-corrected chi connectivity index (χ2v) is 8.50. The van der Waals surface area contributed by atoms with Gasteiger partial charge in [-0.3, -0.25) is 9.69 Å². The first-order valence-corrected chi connectivity index (χ1v) is 11.1. The molecule has 0 bridgehead atoms. The average Bonchev–Trinajstić information content (AvgIpc) is 3.20. The molecule has 0 aliphatic rings. The Morgan fingerprint density at radius 2 is 1.69 bits per heavy atom. The molecule has 0 aliphatic heterocycles. The van der Waals surface area contributed by atoms with Crippen molar-refractivity contribution < 1.29 is 13.9 Å². The molecule has 0 atom stereocenters. The second-order valence-electron chi connectivity index (χ2n) is 7.32. The van der Waals surface area contributed by atoms with Gasteiger partial charge in [0.2, 0.25) is 5.91 Å². The van der Waals surface area contributed by atoms with Gasteiger partial charge >= 0.3 is 0 Å². The fourth-order valence-electron chi connectivity index (χ4n) is 3.45. The number of ether oxygens (including phenoxy) is 1. The minimum atomic E-state index is -0.348. The van der Waals surface area contributed by atoms with Crippen molar-refractivity contribution in [3.63, 3.8) is 0 Å². The van der Waals surface area contributed by atoms with Crippen molar-refractivity contribution in [2.24, 2.45) is 0 Å². The molecular formula is C26H23FN2O2S. The predicted molar refractivity (Wildman–Crippen MR) is 127 cm³/mol. The third kappa shape index (κ3) is 4.86. The molecule has 0 saturated carbocycles.